The molecule has 0 aromatic carbocycles. The third-order valence-electron chi connectivity index (χ3n) is 4.74. The maximum Gasteiger partial charge on any atom is 0.251 e. The fourth-order valence-corrected chi connectivity index (χ4v) is 3.63. The van der Waals surface area contributed by atoms with E-state index in [2.05, 4.69) is 28.0 Å². The Labute approximate surface area is 118 Å². The molecule has 20 heavy (non-hydrogen) atoms. The molecule has 0 unspecified atom stereocenters. The number of rotatable bonds is 2. The van der Waals surface area contributed by atoms with Crippen molar-refractivity contribution >= 4 is 11.4 Å². The molecule has 4 nitrogen and oxygen atoms in total. The fraction of sp³-hybridized carbons (Fsp3) is 0.438. The highest BCUT2D eigenvalue weighted by atomic mass is 16.1. The van der Waals surface area contributed by atoms with Crippen LogP contribution in [0.2, 0.25) is 0 Å². The van der Waals surface area contributed by atoms with Gasteiger partial charge in [-0.2, -0.15) is 0 Å². The van der Waals surface area contributed by atoms with Crippen molar-refractivity contribution in [1.29, 1.82) is 0 Å². The summed E-state index contributed by atoms with van der Waals surface area (Å²) >= 11 is 0. The van der Waals surface area contributed by atoms with Crippen LogP contribution in [-0.4, -0.2) is 28.4 Å². The molecule has 4 heterocycles. The molecule has 4 rings (SSSR count). The third kappa shape index (κ3) is 1.83. The summed E-state index contributed by atoms with van der Waals surface area (Å²) in [7, 11) is 0. The second-order valence-corrected chi connectivity index (χ2v) is 6.05. The summed E-state index contributed by atoms with van der Waals surface area (Å²) in [5.74, 6) is 0.0469. The molecule has 1 amide bonds. The van der Waals surface area contributed by atoms with Crippen molar-refractivity contribution in [2.45, 2.75) is 44.3 Å². The monoisotopic (exact) mass is 269 g/mol. The lowest BCUT2D eigenvalue weighted by atomic mass is 9.95. The number of aromatic nitrogens is 1. The number of amides is 1. The minimum Gasteiger partial charge on any atom is -0.348 e. The lowest BCUT2D eigenvalue weighted by Crippen LogP contribution is -2.42. The number of nitrogens with zero attached hydrogens (tertiary/aromatic N) is 1. The normalized spacial score (nSPS) is 28.1. The number of carbonyl (C=O) groups is 1. The molecule has 0 saturated carbocycles. The largest absolute Gasteiger partial charge is 0.348 e. The van der Waals surface area contributed by atoms with Crippen LogP contribution in [0, 0.1) is 6.92 Å². The molecule has 2 aliphatic rings. The van der Waals surface area contributed by atoms with Crippen LogP contribution in [0.5, 0.6) is 0 Å². The highest BCUT2D eigenvalue weighted by Gasteiger charge is 2.39. The van der Waals surface area contributed by atoms with E-state index in [0.717, 1.165) is 17.5 Å². The van der Waals surface area contributed by atoms with Crippen LogP contribution < -0.4 is 10.6 Å². The van der Waals surface area contributed by atoms with Gasteiger partial charge in [-0.25, -0.2) is 0 Å². The van der Waals surface area contributed by atoms with Crippen LogP contribution in [0.4, 0.5) is 0 Å². The van der Waals surface area contributed by atoms with E-state index in [-0.39, 0.29) is 5.91 Å². The molecule has 2 aliphatic heterocycles. The number of fused-ring (bicyclic) bond motifs is 3. The maximum absolute atomic E-state index is 12.4. The first-order chi connectivity index (χ1) is 9.70. The van der Waals surface area contributed by atoms with E-state index in [4.69, 9.17) is 0 Å². The van der Waals surface area contributed by atoms with Gasteiger partial charge >= 0.3 is 0 Å². The molecule has 2 aromatic rings. The standard InChI is InChI=1S/C16H19N3O/c1-10-2-4-13-8-11(6-7-19(10)13)16(20)18-15-9-12-3-5-14(15)17-12/h2,4,6-8,12,14-15,17H,3,5,9H2,1H3,(H,18,20)/t12-,14+,15-/m1/s1. The summed E-state index contributed by atoms with van der Waals surface area (Å²) in [6.45, 7) is 2.06. The first-order valence-corrected chi connectivity index (χ1v) is 7.35. The van der Waals surface area contributed by atoms with Gasteiger partial charge in [0.2, 0.25) is 0 Å². The minimum absolute atomic E-state index is 0.0469. The van der Waals surface area contributed by atoms with Gasteiger partial charge in [0.05, 0.1) is 0 Å². The number of pyridine rings is 1. The quantitative estimate of drug-likeness (QED) is 0.874. The van der Waals surface area contributed by atoms with Gasteiger partial charge in [-0.15, -0.1) is 0 Å². The summed E-state index contributed by atoms with van der Waals surface area (Å²) in [5, 5.41) is 6.74. The molecular formula is C16H19N3O. The van der Waals surface area contributed by atoms with Gasteiger partial charge in [0, 0.05) is 41.1 Å². The van der Waals surface area contributed by atoms with Crippen LogP contribution >= 0.6 is 0 Å². The molecule has 2 fully saturated rings. The van der Waals surface area contributed by atoms with Gasteiger partial charge < -0.3 is 15.0 Å². The second kappa shape index (κ2) is 4.35. The van der Waals surface area contributed by atoms with Crippen molar-refractivity contribution in [1.82, 2.24) is 15.0 Å². The van der Waals surface area contributed by atoms with Gasteiger partial charge in [0.25, 0.3) is 5.91 Å². The average molecular weight is 269 g/mol. The molecule has 4 heteroatoms. The number of hydrogen-bond donors (Lipinski definition) is 2. The first-order valence-electron chi connectivity index (χ1n) is 7.35. The van der Waals surface area contributed by atoms with Gasteiger partial charge in [-0.05, 0) is 50.5 Å². The van der Waals surface area contributed by atoms with E-state index in [1.165, 1.54) is 18.5 Å². The Hall–Kier alpha value is -1.81. The van der Waals surface area contributed by atoms with E-state index in [0.29, 0.717) is 18.1 Å². The van der Waals surface area contributed by atoms with Crippen molar-refractivity contribution in [3.8, 4) is 0 Å². The predicted octanol–water partition coefficient (Wildman–Crippen LogP) is 1.87. The summed E-state index contributed by atoms with van der Waals surface area (Å²) in [6.07, 6.45) is 5.49. The van der Waals surface area contributed by atoms with E-state index < -0.39 is 0 Å². The van der Waals surface area contributed by atoms with Gasteiger partial charge in [0.15, 0.2) is 0 Å². The lowest BCUT2D eigenvalue weighted by molar-refractivity contribution is 0.0931. The average Bonchev–Trinajstić information content (AvgIpc) is 3.14. The van der Waals surface area contributed by atoms with Crippen molar-refractivity contribution in [3.05, 3.63) is 41.7 Å². The zero-order chi connectivity index (χ0) is 13.7. The van der Waals surface area contributed by atoms with E-state index in [1.807, 2.05) is 24.4 Å². The molecule has 2 N–H and O–H groups in total. The molecule has 104 valence electrons. The molecule has 0 aliphatic carbocycles. The third-order valence-corrected chi connectivity index (χ3v) is 4.74. The van der Waals surface area contributed by atoms with Gasteiger partial charge in [0.1, 0.15) is 0 Å². The first kappa shape index (κ1) is 12.0. The minimum atomic E-state index is 0.0469. The Bertz CT molecular complexity index is 675. The van der Waals surface area contributed by atoms with Crippen molar-refractivity contribution in [2.75, 3.05) is 0 Å². The Morgan fingerprint density at radius 2 is 2.25 bits per heavy atom. The zero-order valence-corrected chi connectivity index (χ0v) is 11.6. The van der Waals surface area contributed by atoms with Crippen LogP contribution in [0.15, 0.2) is 30.5 Å². The van der Waals surface area contributed by atoms with Crippen molar-refractivity contribution < 1.29 is 4.79 Å². The van der Waals surface area contributed by atoms with Gasteiger partial charge in [-0.1, -0.05) is 0 Å². The number of carbonyl (C=O) groups excluding carboxylic acids is 1. The van der Waals surface area contributed by atoms with Crippen LogP contribution in [0.1, 0.15) is 35.3 Å². The lowest BCUT2D eigenvalue weighted by Gasteiger charge is -2.21. The van der Waals surface area contributed by atoms with Crippen molar-refractivity contribution in [3.63, 3.8) is 0 Å². The fourth-order valence-electron chi connectivity index (χ4n) is 3.63. The van der Waals surface area contributed by atoms with E-state index in [1.54, 1.807) is 0 Å². The molecule has 2 saturated heterocycles. The van der Waals surface area contributed by atoms with Crippen molar-refractivity contribution in [2.24, 2.45) is 0 Å². The predicted molar refractivity (Wildman–Crippen MR) is 78.0 cm³/mol. The number of nitrogens with one attached hydrogen (secondary N) is 2. The SMILES string of the molecule is Cc1ccc2cc(C(=O)N[C@@H]3C[C@H]4CC[C@@H]3N4)ccn12. The highest BCUT2D eigenvalue weighted by Crippen LogP contribution is 2.28. The molecule has 2 aromatic heterocycles. The number of hydrogen-bond acceptors (Lipinski definition) is 2. The zero-order valence-electron chi connectivity index (χ0n) is 11.6. The summed E-state index contributed by atoms with van der Waals surface area (Å²) in [5.41, 5.74) is 3.00. The second-order valence-electron chi connectivity index (χ2n) is 6.05. The molecule has 0 radical (unpaired) electrons. The van der Waals surface area contributed by atoms with Crippen LogP contribution in [0.3, 0.4) is 0 Å². The molecule has 3 atom stereocenters. The number of aryl methyl sites for hydroxylation is 1. The van der Waals surface area contributed by atoms with Crippen LogP contribution in [-0.2, 0) is 0 Å². The van der Waals surface area contributed by atoms with Gasteiger partial charge in [-0.3, -0.25) is 4.79 Å². The molecule has 2 bridgehead atoms. The van der Waals surface area contributed by atoms with E-state index >= 15 is 0 Å². The molecular weight excluding hydrogens is 250 g/mol. The Balaban J connectivity index is 1.54. The summed E-state index contributed by atoms with van der Waals surface area (Å²) in [6, 6.07) is 9.36. The summed E-state index contributed by atoms with van der Waals surface area (Å²) in [4.78, 5) is 12.4. The van der Waals surface area contributed by atoms with Crippen LogP contribution in [0.25, 0.3) is 5.52 Å². The highest BCUT2D eigenvalue weighted by molar-refractivity contribution is 5.95. The Morgan fingerprint density at radius 1 is 1.35 bits per heavy atom. The Morgan fingerprint density at radius 3 is 3.00 bits per heavy atom. The maximum atomic E-state index is 12.4. The topological polar surface area (TPSA) is 45.5 Å². The van der Waals surface area contributed by atoms with E-state index in [9.17, 15) is 4.79 Å². The molecule has 0 spiro atoms. The summed E-state index contributed by atoms with van der Waals surface area (Å²) < 4.78 is 2.09. The smallest absolute Gasteiger partial charge is 0.251 e. The Kier molecular flexibility index (Phi) is 2.60.